The van der Waals surface area contributed by atoms with Gasteiger partial charge in [-0.05, 0) is 51.0 Å². The number of sulfonamides is 1. The predicted molar refractivity (Wildman–Crippen MR) is 109 cm³/mol. The second-order valence-electron chi connectivity index (χ2n) is 6.08. The quantitative estimate of drug-likeness (QED) is 0.377. The van der Waals surface area contributed by atoms with Crippen molar-refractivity contribution in [2.45, 2.75) is 32.6 Å². The number of hydrogen-bond acceptors (Lipinski definition) is 7. The van der Waals surface area contributed by atoms with Crippen LogP contribution in [-0.2, 0) is 10.0 Å². The van der Waals surface area contributed by atoms with Gasteiger partial charge in [0.1, 0.15) is 5.75 Å². The zero-order valence-corrected chi connectivity index (χ0v) is 17.4. The Morgan fingerprint density at radius 1 is 1.07 bits per heavy atom. The number of nitrogens with zero attached hydrogens (tertiary/aromatic N) is 2. The van der Waals surface area contributed by atoms with E-state index in [-0.39, 0.29) is 34.3 Å². The van der Waals surface area contributed by atoms with Gasteiger partial charge in [-0.3, -0.25) is 10.1 Å². The lowest BCUT2D eigenvalue weighted by Crippen LogP contribution is -2.18. The maximum absolute atomic E-state index is 12.4. The maximum atomic E-state index is 12.4. The van der Waals surface area contributed by atoms with Crippen LogP contribution in [0.15, 0.2) is 40.3 Å². The Hall–Kier alpha value is -3.14. The molecule has 0 amide bonds. The zero-order valence-electron chi connectivity index (χ0n) is 16.6. The van der Waals surface area contributed by atoms with E-state index in [1.807, 2.05) is 13.8 Å². The number of nitro groups is 1. The highest BCUT2D eigenvalue weighted by Crippen LogP contribution is 2.34. The molecule has 2 rings (SSSR count). The van der Waals surface area contributed by atoms with Crippen molar-refractivity contribution >= 4 is 21.9 Å². The van der Waals surface area contributed by atoms with Crippen molar-refractivity contribution in [3.05, 3.63) is 57.1 Å². The summed E-state index contributed by atoms with van der Waals surface area (Å²) in [6.45, 7) is 7.71. The largest absolute Gasteiger partial charge is 0.493 e. The molecule has 156 valence electrons. The number of nitro benzene ring substituents is 1. The Labute approximate surface area is 169 Å². The first kappa shape index (κ1) is 22.2. The number of hydrazone groups is 1. The minimum Gasteiger partial charge on any atom is -0.493 e. The van der Waals surface area contributed by atoms with Crippen molar-refractivity contribution in [3.8, 4) is 11.5 Å². The summed E-state index contributed by atoms with van der Waals surface area (Å²) in [7, 11) is -3.89. The smallest absolute Gasteiger partial charge is 0.311 e. The number of nitrogens with one attached hydrogen (secondary N) is 1. The number of hydrogen-bond donors (Lipinski definition) is 1. The molecule has 9 nitrogen and oxygen atoms in total. The van der Waals surface area contributed by atoms with Gasteiger partial charge in [-0.25, -0.2) is 4.83 Å². The van der Waals surface area contributed by atoms with E-state index in [4.69, 9.17) is 9.47 Å². The summed E-state index contributed by atoms with van der Waals surface area (Å²) in [5.74, 6) is 0.351. The van der Waals surface area contributed by atoms with E-state index in [0.29, 0.717) is 6.61 Å². The summed E-state index contributed by atoms with van der Waals surface area (Å²) in [6, 6.07) is 7.35. The van der Waals surface area contributed by atoms with Gasteiger partial charge in [0.05, 0.1) is 29.2 Å². The normalized spacial score (nSPS) is 11.4. The fourth-order valence-electron chi connectivity index (χ4n) is 2.46. The fourth-order valence-corrected chi connectivity index (χ4v) is 3.34. The highest BCUT2D eigenvalue weighted by molar-refractivity contribution is 7.89. The lowest BCUT2D eigenvalue weighted by atomic mass is 10.1. The first-order valence-corrected chi connectivity index (χ1v) is 10.4. The molecule has 29 heavy (non-hydrogen) atoms. The molecular formula is C19H23N3O6S. The molecule has 2 aromatic carbocycles. The molecule has 10 heteroatoms. The number of benzene rings is 2. The summed E-state index contributed by atoms with van der Waals surface area (Å²) in [5.41, 5.74) is 1.77. The second-order valence-corrected chi connectivity index (χ2v) is 7.74. The van der Waals surface area contributed by atoms with Crippen LogP contribution in [0.1, 0.15) is 30.5 Å². The maximum Gasteiger partial charge on any atom is 0.311 e. The van der Waals surface area contributed by atoms with Crippen LogP contribution >= 0.6 is 0 Å². The van der Waals surface area contributed by atoms with Gasteiger partial charge in [0.25, 0.3) is 10.0 Å². The Morgan fingerprint density at radius 2 is 1.72 bits per heavy atom. The van der Waals surface area contributed by atoms with Crippen molar-refractivity contribution in [1.29, 1.82) is 0 Å². The predicted octanol–water partition coefficient (Wildman–Crippen LogP) is 3.32. The summed E-state index contributed by atoms with van der Waals surface area (Å²) in [6.07, 6.45) is 1.16. The summed E-state index contributed by atoms with van der Waals surface area (Å²) >= 11 is 0. The van der Waals surface area contributed by atoms with Crippen LogP contribution in [-0.4, -0.2) is 32.8 Å². The molecule has 0 saturated heterocycles. The highest BCUT2D eigenvalue weighted by Gasteiger charge is 2.20. The monoisotopic (exact) mass is 421 g/mol. The molecule has 0 bridgehead atoms. The number of rotatable bonds is 9. The molecule has 0 aliphatic carbocycles. The standard InChI is InChI=1S/C19H23N3O6S/c1-5-27-18-11-19(28-6-2)17(22(23)24)10-15(18)12-20-21-29(25,26)16-8-7-13(3)14(4)9-16/h7-12,21H,5-6H2,1-4H3/b20-12+. The van der Waals surface area contributed by atoms with Gasteiger partial charge in [0.15, 0.2) is 0 Å². The van der Waals surface area contributed by atoms with Gasteiger partial charge in [0.2, 0.25) is 5.75 Å². The van der Waals surface area contributed by atoms with Gasteiger partial charge in [-0.1, -0.05) is 6.07 Å². The molecule has 0 saturated carbocycles. The molecule has 0 heterocycles. The van der Waals surface area contributed by atoms with Crippen LogP contribution in [0.5, 0.6) is 11.5 Å². The lowest BCUT2D eigenvalue weighted by molar-refractivity contribution is -0.385. The van der Waals surface area contributed by atoms with Crippen molar-refractivity contribution in [2.75, 3.05) is 13.2 Å². The van der Waals surface area contributed by atoms with Crippen LogP contribution in [0.25, 0.3) is 0 Å². The second kappa shape index (κ2) is 9.37. The third kappa shape index (κ3) is 5.44. The van der Waals surface area contributed by atoms with Crippen LogP contribution in [0.4, 0.5) is 5.69 Å². The van der Waals surface area contributed by atoms with E-state index in [1.165, 1.54) is 18.2 Å². The zero-order chi connectivity index (χ0) is 21.6. The van der Waals surface area contributed by atoms with E-state index < -0.39 is 14.9 Å². The Kier molecular flexibility index (Phi) is 7.16. The molecule has 0 unspecified atom stereocenters. The van der Waals surface area contributed by atoms with Crippen LogP contribution in [0.2, 0.25) is 0 Å². The molecule has 1 N–H and O–H groups in total. The SMILES string of the molecule is CCOc1cc(OCC)c([N+](=O)[O-])cc1/C=N/NS(=O)(=O)c1ccc(C)c(C)c1. The van der Waals surface area contributed by atoms with Gasteiger partial charge >= 0.3 is 5.69 Å². The van der Waals surface area contributed by atoms with Crippen molar-refractivity contribution in [3.63, 3.8) is 0 Å². The Balaban J connectivity index is 2.35. The minimum absolute atomic E-state index is 0.0637. The summed E-state index contributed by atoms with van der Waals surface area (Å²) in [5, 5.41) is 15.1. The molecule has 0 spiro atoms. The fraction of sp³-hybridized carbons (Fsp3) is 0.316. The van der Waals surface area contributed by atoms with Crippen LogP contribution in [0, 0.1) is 24.0 Å². The van der Waals surface area contributed by atoms with E-state index in [0.717, 1.165) is 17.3 Å². The molecular weight excluding hydrogens is 398 g/mol. The third-order valence-corrected chi connectivity index (χ3v) is 5.27. The minimum atomic E-state index is -3.89. The molecule has 0 atom stereocenters. The van der Waals surface area contributed by atoms with Crippen LogP contribution in [0.3, 0.4) is 0 Å². The molecule has 0 aromatic heterocycles. The van der Waals surface area contributed by atoms with Gasteiger partial charge in [-0.2, -0.15) is 13.5 Å². The topological polar surface area (TPSA) is 120 Å². The number of aryl methyl sites for hydroxylation is 2. The average molecular weight is 421 g/mol. The van der Waals surface area contributed by atoms with Crippen LogP contribution < -0.4 is 14.3 Å². The third-order valence-electron chi connectivity index (χ3n) is 4.05. The Morgan fingerprint density at radius 3 is 2.31 bits per heavy atom. The lowest BCUT2D eigenvalue weighted by Gasteiger charge is -2.11. The van der Waals surface area contributed by atoms with E-state index in [1.54, 1.807) is 26.0 Å². The molecule has 0 fully saturated rings. The molecule has 0 aliphatic heterocycles. The average Bonchev–Trinajstić information content (AvgIpc) is 2.65. The van der Waals surface area contributed by atoms with Gasteiger partial charge in [-0.15, -0.1) is 0 Å². The van der Waals surface area contributed by atoms with Gasteiger partial charge < -0.3 is 9.47 Å². The first-order chi connectivity index (χ1) is 13.7. The van der Waals surface area contributed by atoms with Gasteiger partial charge in [0, 0.05) is 17.7 Å². The highest BCUT2D eigenvalue weighted by atomic mass is 32.2. The Bertz CT molecular complexity index is 1030. The first-order valence-electron chi connectivity index (χ1n) is 8.89. The van der Waals surface area contributed by atoms with Crippen molar-refractivity contribution in [1.82, 2.24) is 4.83 Å². The van der Waals surface area contributed by atoms with Crippen molar-refractivity contribution in [2.24, 2.45) is 5.10 Å². The summed E-state index contributed by atoms with van der Waals surface area (Å²) < 4.78 is 35.6. The van der Waals surface area contributed by atoms with E-state index in [9.17, 15) is 18.5 Å². The molecule has 0 aliphatic rings. The summed E-state index contributed by atoms with van der Waals surface area (Å²) in [4.78, 5) is 12.9. The molecule has 2 aromatic rings. The van der Waals surface area contributed by atoms with E-state index in [2.05, 4.69) is 9.93 Å². The molecule has 0 radical (unpaired) electrons. The number of ether oxygens (including phenoxy) is 2. The van der Waals surface area contributed by atoms with Crippen molar-refractivity contribution < 1.29 is 22.8 Å². The van der Waals surface area contributed by atoms with E-state index >= 15 is 0 Å².